The van der Waals surface area contributed by atoms with Crippen molar-refractivity contribution in [2.75, 3.05) is 13.1 Å². The molecule has 18 heavy (non-hydrogen) atoms. The van der Waals surface area contributed by atoms with Gasteiger partial charge in [-0.15, -0.1) is 0 Å². The Kier molecular flexibility index (Phi) is 5.22. The van der Waals surface area contributed by atoms with Crippen LogP contribution in [0, 0.1) is 0 Å². The lowest BCUT2D eigenvalue weighted by atomic mass is 10.1. The first-order valence-corrected chi connectivity index (χ1v) is 5.44. The minimum absolute atomic E-state index is 0.0398. The van der Waals surface area contributed by atoms with Crippen LogP contribution in [0.4, 0.5) is 0 Å². The summed E-state index contributed by atoms with van der Waals surface area (Å²) in [7, 11) is 0. The lowest BCUT2D eigenvalue weighted by Crippen LogP contribution is -2.39. The zero-order valence-corrected chi connectivity index (χ0v) is 10.0. The first-order valence-electron chi connectivity index (χ1n) is 5.44. The van der Waals surface area contributed by atoms with Crippen molar-refractivity contribution in [3.63, 3.8) is 0 Å². The van der Waals surface area contributed by atoms with Crippen molar-refractivity contribution in [2.45, 2.75) is 13.1 Å². The molecule has 0 saturated carbocycles. The fourth-order valence-corrected chi connectivity index (χ4v) is 1.65. The summed E-state index contributed by atoms with van der Waals surface area (Å²) in [6, 6.07) is 3.60. The third-order valence-corrected chi connectivity index (χ3v) is 2.33. The average molecular weight is 251 g/mol. The van der Waals surface area contributed by atoms with Gasteiger partial charge < -0.3 is 17.2 Å². The number of nitrogens with zero attached hydrogens (tertiary/aromatic N) is 2. The van der Waals surface area contributed by atoms with Crippen molar-refractivity contribution < 1.29 is 9.59 Å². The molecule has 0 fully saturated rings. The Morgan fingerprint density at radius 3 is 2.33 bits per heavy atom. The highest BCUT2D eigenvalue weighted by atomic mass is 16.2. The van der Waals surface area contributed by atoms with E-state index in [2.05, 4.69) is 4.98 Å². The van der Waals surface area contributed by atoms with E-state index in [-0.39, 0.29) is 19.6 Å². The summed E-state index contributed by atoms with van der Waals surface area (Å²) in [6.07, 6.45) is 1.64. The van der Waals surface area contributed by atoms with E-state index in [1.165, 1.54) is 0 Å². The molecular formula is C11H17N5O2. The summed E-state index contributed by atoms with van der Waals surface area (Å²) < 4.78 is 0. The molecule has 7 nitrogen and oxygen atoms in total. The summed E-state index contributed by atoms with van der Waals surface area (Å²) in [5.74, 6) is -1.04. The van der Waals surface area contributed by atoms with E-state index >= 15 is 0 Å². The molecule has 6 N–H and O–H groups in total. The Balaban J connectivity index is 2.81. The van der Waals surface area contributed by atoms with Gasteiger partial charge in [-0.05, 0) is 11.6 Å². The monoisotopic (exact) mass is 251 g/mol. The Morgan fingerprint density at radius 2 is 1.83 bits per heavy atom. The second-order valence-electron chi connectivity index (χ2n) is 3.89. The van der Waals surface area contributed by atoms with Crippen LogP contribution in [0.5, 0.6) is 0 Å². The number of carbonyl (C=O) groups is 2. The van der Waals surface area contributed by atoms with Crippen LogP contribution in [-0.2, 0) is 22.7 Å². The van der Waals surface area contributed by atoms with Gasteiger partial charge in [0.25, 0.3) is 0 Å². The minimum atomic E-state index is -0.519. The predicted octanol–water partition coefficient (Wildman–Crippen LogP) is -1.69. The van der Waals surface area contributed by atoms with E-state index in [0.717, 1.165) is 11.3 Å². The third-order valence-electron chi connectivity index (χ3n) is 2.33. The summed E-state index contributed by atoms with van der Waals surface area (Å²) in [5.41, 5.74) is 17.4. The zero-order valence-electron chi connectivity index (χ0n) is 10.0. The number of hydrogen-bond acceptors (Lipinski definition) is 5. The molecule has 0 radical (unpaired) electrons. The van der Waals surface area contributed by atoms with Gasteiger partial charge in [-0.2, -0.15) is 0 Å². The van der Waals surface area contributed by atoms with Crippen LogP contribution >= 0.6 is 0 Å². The van der Waals surface area contributed by atoms with Crippen molar-refractivity contribution >= 4 is 11.8 Å². The SMILES string of the molecule is NCc1ncccc1CN(CC(N)=O)CC(N)=O. The van der Waals surface area contributed by atoms with E-state index in [0.29, 0.717) is 6.54 Å². The molecule has 0 aromatic carbocycles. The molecule has 1 aromatic rings. The number of nitrogens with two attached hydrogens (primary N) is 3. The molecule has 2 amide bonds. The van der Waals surface area contributed by atoms with Crippen molar-refractivity contribution in [1.29, 1.82) is 0 Å². The minimum Gasteiger partial charge on any atom is -0.369 e. The maximum atomic E-state index is 10.9. The lowest BCUT2D eigenvalue weighted by Gasteiger charge is -2.20. The smallest absolute Gasteiger partial charge is 0.231 e. The first-order chi connectivity index (χ1) is 8.52. The van der Waals surface area contributed by atoms with Gasteiger partial charge in [-0.25, -0.2) is 0 Å². The highest BCUT2D eigenvalue weighted by Gasteiger charge is 2.13. The molecule has 0 spiro atoms. The Bertz CT molecular complexity index is 419. The van der Waals surface area contributed by atoms with E-state index in [9.17, 15) is 9.59 Å². The second kappa shape index (κ2) is 6.67. The van der Waals surface area contributed by atoms with Crippen molar-refractivity contribution in [3.05, 3.63) is 29.6 Å². The Morgan fingerprint density at radius 1 is 1.22 bits per heavy atom. The van der Waals surface area contributed by atoms with Crippen LogP contribution in [-0.4, -0.2) is 34.8 Å². The molecule has 0 unspecified atom stereocenters. The molecule has 7 heteroatoms. The van der Waals surface area contributed by atoms with Crippen molar-refractivity contribution in [2.24, 2.45) is 17.2 Å². The van der Waals surface area contributed by atoms with Gasteiger partial charge in [-0.1, -0.05) is 6.07 Å². The van der Waals surface area contributed by atoms with E-state index < -0.39 is 11.8 Å². The summed E-state index contributed by atoms with van der Waals surface area (Å²) in [6.45, 7) is 0.563. The summed E-state index contributed by atoms with van der Waals surface area (Å²) >= 11 is 0. The highest BCUT2D eigenvalue weighted by Crippen LogP contribution is 2.08. The quantitative estimate of drug-likeness (QED) is 0.532. The van der Waals surface area contributed by atoms with Crippen LogP contribution in [0.3, 0.4) is 0 Å². The van der Waals surface area contributed by atoms with Gasteiger partial charge in [0.2, 0.25) is 11.8 Å². The molecule has 0 aliphatic carbocycles. The van der Waals surface area contributed by atoms with Gasteiger partial charge in [0.1, 0.15) is 0 Å². The number of rotatable bonds is 7. The standard InChI is InChI=1S/C11H17N5O2/c12-4-9-8(2-1-3-15-9)5-16(6-10(13)17)7-11(14)18/h1-3H,4-7,12H2,(H2,13,17)(H2,14,18). The number of aromatic nitrogens is 1. The molecule has 0 bridgehead atoms. The van der Waals surface area contributed by atoms with Gasteiger partial charge in [0.15, 0.2) is 0 Å². The molecule has 0 aliphatic rings. The number of primary amides is 2. The molecular weight excluding hydrogens is 234 g/mol. The van der Waals surface area contributed by atoms with Crippen LogP contribution in [0.25, 0.3) is 0 Å². The topological polar surface area (TPSA) is 128 Å². The summed E-state index contributed by atoms with van der Waals surface area (Å²) in [5, 5.41) is 0. The molecule has 0 atom stereocenters. The predicted molar refractivity (Wildman–Crippen MR) is 65.8 cm³/mol. The van der Waals surface area contributed by atoms with Crippen LogP contribution in [0.1, 0.15) is 11.3 Å². The fourth-order valence-electron chi connectivity index (χ4n) is 1.65. The number of hydrogen-bond donors (Lipinski definition) is 3. The Labute approximate surface area is 105 Å². The first kappa shape index (κ1) is 14.1. The van der Waals surface area contributed by atoms with Gasteiger partial charge in [0, 0.05) is 19.3 Å². The van der Waals surface area contributed by atoms with Crippen LogP contribution < -0.4 is 17.2 Å². The van der Waals surface area contributed by atoms with E-state index in [1.54, 1.807) is 17.2 Å². The maximum absolute atomic E-state index is 10.9. The van der Waals surface area contributed by atoms with Crippen molar-refractivity contribution in [1.82, 2.24) is 9.88 Å². The largest absolute Gasteiger partial charge is 0.369 e. The van der Waals surface area contributed by atoms with Crippen molar-refractivity contribution in [3.8, 4) is 0 Å². The third kappa shape index (κ3) is 4.48. The highest BCUT2D eigenvalue weighted by molar-refractivity contribution is 5.79. The Hall–Kier alpha value is -1.99. The molecule has 98 valence electrons. The van der Waals surface area contributed by atoms with Crippen LogP contribution in [0.2, 0.25) is 0 Å². The number of carbonyl (C=O) groups excluding carboxylic acids is 2. The summed E-state index contributed by atoms with van der Waals surface area (Å²) in [4.78, 5) is 27.5. The normalized spacial score (nSPS) is 10.6. The molecule has 0 aliphatic heterocycles. The van der Waals surface area contributed by atoms with Crippen LogP contribution in [0.15, 0.2) is 18.3 Å². The number of amides is 2. The fraction of sp³-hybridized carbons (Fsp3) is 0.364. The zero-order chi connectivity index (χ0) is 13.5. The molecule has 1 rings (SSSR count). The lowest BCUT2D eigenvalue weighted by molar-refractivity contribution is -0.122. The average Bonchev–Trinajstić information content (AvgIpc) is 2.27. The molecule has 1 aromatic heterocycles. The second-order valence-corrected chi connectivity index (χ2v) is 3.89. The maximum Gasteiger partial charge on any atom is 0.231 e. The van der Waals surface area contributed by atoms with Gasteiger partial charge in [0.05, 0.1) is 18.8 Å². The van der Waals surface area contributed by atoms with E-state index in [1.807, 2.05) is 6.07 Å². The molecule has 0 saturated heterocycles. The van der Waals surface area contributed by atoms with Gasteiger partial charge >= 0.3 is 0 Å². The van der Waals surface area contributed by atoms with Gasteiger partial charge in [-0.3, -0.25) is 19.5 Å². The molecule has 1 heterocycles. The van der Waals surface area contributed by atoms with E-state index in [4.69, 9.17) is 17.2 Å². The number of pyridine rings is 1.